The quantitative estimate of drug-likeness (QED) is 0.788. The van der Waals surface area contributed by atoms with Crippen molar-refractivity contribution in [1.82, 2.24) is 4.98 Å². The van der Waals surface area contributed by atoms with Crippen LogP contribution in [0.4, 0.5) is 5.69 Å². The lowest BCUT2D eigenvalue weighted by Crippen LogP contribution is -2.27. The molecule has 0 saturated carbocycles. The van der Waals surface area contributed by atoms with Crippen molar-refractivity contribution < 1.29 is 0 Å². The topological polar surface area (TPSA) is 24.9 Å². The first-order valence-corrected chi connectivity index (χ1v) is 7.58. The van der Waals surface area contributed by atoms with Crippen molar-refractivity contribution in [1.29, 1.82) is 0 Å². The Labute approximate surface area is 123 Å². The summed E-state index contributed by atoms with van der Waals surface area (Å²) < 4.78 is 0. The minimum atomic E-state index is 0.517. The fourth-order valence-corrected chi connectivity index (χ4v) is 3.09. The van der Waals surface area contributed by atoms with E-state index in [-0.39, 0.29) is 0 Å². The third-order valence-electron chi connectivity index (χ3n) is 4.49. The predicted octanol–water partition coefficient (Wildman–Crippen LogP) is 4.89. The number of aryl methyl sites for hydroxylation is 2. The molecule has 2 atom stereocenters. The largest absolute Gasteiger partial charge is 0.381 e. The smallest absolute Gasteiger partial charge is 0.0479 e. The second kappa shape index (κ2) is 6.25. The number of hydrogen-bond donors (Lipinski definition) is 1. The van der Waals surface area contributed by atoms with E-state index in [4.69, 9.17) is 0 Å². The van der Waals surface area contributed by atoms with Crippen molar-refractivity contribution in [3.63, 3.8) is 0 Å². The Bertz CT molecular complexity index is 528. The molecule has 0 radical (unpaired) electrons. The Morgan fingerprint density at radius 1 is 1.40 bits per heavy atom. The van der Waals surface area contributed by atoms with Crippen molar-refractivity contribution in [2.45, 2.75) is 53.0 Å². The summed E-state index contributed by atoms with van der Waals surface area (Å²) in [5.41, 5.74) is 6.15. The number of nitrogens with one attached hydrogen (secondary N) is 1. The standard InChI is InChI=1S/C18H26N2/c1-6-15-10-16(9-8-12(15)3)20-18-13(4)11-19-14(5)17(18)7-2/h7-8,11,15-16H,2,6,9-10H2,1,3-5H3,(H,19,20). The van der Waals surface area contributed by atoms with Gasteiger partial charge >= 0.3 is 0 Å². The van der Waals surface area contributed by atoms with Gasteiger partial charge in [-0.15, -0.1) is 0 Å². The van der Waals surface area contributed by atoms with Gasteiger partial charge in [0.25, 0.3) is 0 Å². The Hall–Kier alpha value is -1.57. The van der Waals surface area contributed by atoms with Gasteiger partial charge in [-0.1, -0.05) is 31.2 Å². The van der Waals surface area contributed by atoms with Crippen molar-refractivity contribution >= 4 is 11.8 Å². The van der Waals surface area contributed by atoms with Crippen LogP contribution in [0.15, 0.2) is 24.4 Å². The average molecular weight is 270 g/mol. The molecule has 0 saturated heterocycles. The normalized spacial score (nSPS) is 22.3. The van der Waals surface area contributed by atoms with E-state index in [9.17, 15) is 0 Å². The molecule has 2 unspecified atom stereocenters. The first kappa shape index (κ1) is 14.8. The van der Waals surface area contributed by atoms with Gasteiger partial charge in [0, 0.05) is 29.2 Å². The maximum Gasteiger partial charge on any atom is 0.0479 e. The first-order valence-electron chi connectivity index (χ1n) is 7.58. The molecule has 0 aliphatic heterocycles. The van der Waals surface area contributed by atoms with Crippen LogP contribution in [0.2, 0.25) is 0 Å². The Morgan fingerprint density at radius 3 is 2.80 bits per heavy atom. The van der Waals surface area contributed by atoms with Gasteiger partial charge in [-0.3, -0.25) is 4.98 Å². The van der Waals surface area contributed by atoms with E-state index in [0.29, 0.717) is 6.04 Å². The van der Waals surface area contributed by atoms with E-state index < -0.39 is 0 Å². The molecular weight excluding hydrogens is 244 g/mol. The minimum absolute atomic E-state index is 0.517. The molecule has 2 heteroatoms. The van der Waals surface area contributed by atoms with Gasteiger partial charge in [-0.05, 0) is 51.5 Å². The fraction of sp³-hybridized carbons (Fsp3) is 0.500. The van der Waals surface area contributed by atoms with Crippen LogP contribution < -0.4 is 5.32 Å². The highest BCUT2D eigenvalue weighted by Crippen LogP contribution is 2.31. The average Bonchev–Trinajstić information content (AvgIpc) is 2.45. The summed E-state index contributed by atoms with van der Waals surface area (Å²) in [5.74, 6) is 0.719. The summed E-state index contributed by atoms with van der Waals surface area (Å²) in [7, 11) is 0. The molecule has 1 N–H and O–H groups in total. The van der Waals surface area contributed by atoms with E-state index in [1.54, 1.807) is 5.57 Å². The highest BCUT2D eigenvalue weighted by molar-refractivity contribution is 5.70. The third-order valence-corrected chi connectivity index (χ3v) is 4.49. The lowest BCUT2D eigenvalue weighted by atomic mass is 9.84. The lowest BCUT2D eigenvalue weighted by molar-refractivity contribution is 0.465. The van der Waals surface area contributed by atoms with Crippen LogP contribution in [0.25, 0.3) is 6.08 Å². The number of allylic oxidation sites excluding steroid dienone is 1. The number of aromatic nitrogens is 1. The summed E-state index contributed by atoms with van der Waals surface area (Å²) in [6.07, 6.45) is 9.82. The van der Waals surface area contributed by atoms with E-state index in [2.05, 4.69) is 43.7 Å². The highest BCUT2D eigenvalue weighted by Gasteiger charge is 2.21. The van der Waals surface area contributed by atoms with Crippen molar-refractivity contribution in [2.75, 3.05) is 5.32 Å². The molecule has 1 aromatic heterocycles. The highest BCUT2D eigenvalue weighted by atomic mass is 14.9. The van der Waals surface area contributed by atoms with Gasteiger partial charge in [0.2, 0.25) is 0 Å². The van der Waals surface area contributed by atoms with Crippen LogP contribution >= 0.6 is 0 Å². The minimum Gasteiger partial charge on any atom is -0.381 e. The van der Waals surface area contributed by atoms with Crippen LogP contribution in [0.1, 0.15) is 49.9 Å². The molecule has 20 heavy (non-hydrogen) atoms. The maximum absolute atomic E-state index is 4.42. The summed E-state index contributed by atoms with van der Waals surface area (Å²) in [6.45, 7) is 12.6. The molecule has 108 valence electrons. The van der Waals surface area contributed by atoms with E-state index >= 15 is 0 Å². The Kier molecular flexibility index (Phi) is 4.64. The zero-order chi connectivity index (χ0) is 14.7. The molecule has 0 bridgehead atoms. The van der Waals surface area contributed by atoms with E-state index in [1.807, 2.05) is 19.2 Å². The van der Waals surface area contributed by atoms with Gasteiger partial charge in [-0.25, -0.2) is 0 Å². The maximum atomic E-state index is 4.42. The van der Waals surface area contributed by atoms with Gasteiger partial charge in [0.05, 0.1) is 0 Å². The molecular formula is C18H26N2. The SMILES string of the molecule is C=Cc1c(C)ncc(C)c1NC1CC=C(C)C(CC)C1. The number of hydrogen-bond acceptors (Lipinski definition) is 2. The Balaban J connectivity index is 2.23. The van der Waals surface area contributed by atoms with Crippen molar-refractivity contribution in [3.05, 3.63) is 41.2 Å². The summed E-state index contributed by atoms with van der Waals surface area (Å²) >= 11 is 0. The van der Waals surface area contributed by atoms with E-state index in [1.165, 1.54) is 24.1 Å². The zero-order valence-corrected chi connectivity index (χ0v) is 13.2. The molecule has 0 spiro atoms. The van der Waals surface area contributed by atoms with Crippen LogP contribution in [0.5, 0.6) is 0 Å². The van der Waals surface area contributed by atoms with Gasteiger partial charge in [0.1, 0.15) is 0 Å². The summed E-state index contributed by atoms with van der Waals surface area (Å²) in [5, 5.41) is 3.74. The second-order valence-corrected chi connectivity index (χ2v) is 5.89. The zero-order valence-electron chi connectivity index (χ0n) is 13.2. The number of nitrogens with zero attached hydrogens (tertiary/aromatic N) is 1. The van der Waals surface area contributed by atoms with Crippen molar-refractivity contribution in [3.8, 4) is 0 Å². The molecule has 2 rings (SSSR count). The molecule has 1 heterocycles. The van der Waals surface area contributed by atoms with Crippen LogP contribution in [0, 0.1) is 19.8 Å². The van der Waals surface area contributed by atoms with E-state index in [0.717, 1.165) is 23.6 Å². The Morgan fingerprint density at radius 2 is 2.15 bits per heavy atom. The molecule has 1 aromatic rings. The third kappa shape index (κ3) is 2.95. The van der Waals surface area contributed by atoms with Crippen LogP contribution in [0.3, 0.4) is 0 Å². The first-order chi connectivity index (χ1) is 9.56. The molecule has 1 aliphatic carbocycles. The second-order valence-electron chi connectivity index (χ2n) is 5.89. The summed E-state index contributed by atoms with van der Waals surface area (Å²) in [6, 6.07) is 0.517. The summed E-state index contributed by atoms with van der Waals surface area (Å²) in [4.78, 5) is 4.42. The molecule has 0 fully saturated rings. The monoisotopic (exact) mass is 270 g/mol. The van der Waals surface area contributed by atoms with Crippen LogP contribution in [-0.4, -0.2) is 11.0 Å². The van der Waals surface area contributed by atoms with Gasteiger partial charge < -0.3 is 5.32 Å². The lowest BCUT2D eigenvalue weighted by Gasteiger charge is -2.30. The molecule has 0 aromatic carbocycles. The molecule has 1 aliphatic rings. The fourth-order valence-electron chi connectivity index (χ4n) is 3.09. The number of rotatable bonds is 4. The van der Waals surface area contributed by atoms with Crippen molar-refractivity contribution in [2.24, 2.45) is 5.92 Å². The predicted molar refractivity (Wildman–Crippen MR) is 88.0 cm³/mol. The van der Waals surface area contributed by atoms with Crippen LogP contribution in [-0.2, 0) is 0 Å². The van der Waals surface area contributed by atoms with Gasteiger partial charge in [0.15, 0.2) is 0 Å². The number of anilines is 1. The number of pyridine rings is 1. The molecule has 0 amide bonds. The van der Waals surface area contributed by atoms with Gasteiger partial charge in [-0.2, -0.15) is 0 Å². The molecule has 2 nitrogen and oxygen atoms in total.